The second-order valence-corrected chi connectivity index (χ2v) is 13.4. The monoisotopic (exact) mass is 659 g/mol. The lowest BCUT2D eigenvalue weighted by molar-refractivity contribution is -0.146. The van der Waals surface area contributed by atoms with Crippen molar-refractivity contribution < 1.29 is 14.4 Å². The molecule has 0 aliphatic heterocycles. The second-order valence-electron chi connectivity index (χ2n) is 13.4. The maximum absolute atomic E-state index is 14.5. The molecule has 4 aromatic rings. The molecule has 0 fully saturated rings. The number of nitrogens with zero attached hydrogens (tertiary/aromatic N) is 3. The molecular formula is C41H49N5O3. The molecule has 4 rings (SSSR count). The molecule has 0 radical (unpaired) electrons. The van der Waals surface area contributed by atoms with E-state index in [1.807, 2.05) is 106 Å². The molecule has 2 atom stereocenters. The van der Waals surface area contributed by atoms with Crippen molar-refractivity contribution in [3.8, 4) is 11.1 Å². The zero-order valence-electron chi connectivity index (χ0n) is 29.3. The van der Waals surface area contributed by atoms with Crippen LogP contribution in [-0.2, 0) is 33.6 Å². The minimum absolute atomic E-state index is 0.255. The fourth-order valence-electron chi connectivity index (χ4n) is 5.94. The predicted molar refractivity (Wildman–Crippen MR) is 196 cm³/mol. The summed E-state index contributed by atoms with van der Waals surface area (Å²) < 4.78 is 0. The lowest BCUT2D eigenvalue weighted by Gasteiger charge is -2.34. The number of hydrogen-bond acceptors (Lipinski definition) is 5. The van der Waals surface area contributed by atoms with Gasteiger partial charge >= 0.3 is 0 Å². The number of carbonyl (C=O) groups excluding carboxylic acids is 3. The molecule has 3 amide bonds. The largest absolute Gasteiger partial charge is 0.354 e. The fraction of sp³-hybridized carbons (Fsp3) is 0.317. The molecule has 8 nitrogen and oxygen atoms in total. The van der Waals surface area contributed by atoms with Crippen molar-refractivity contribution >= 4 is 17.7 Å². The van der Waals surface area contributed by atoms with E-state index in [1.54, 1.807) is 32.6 Å². The topological polar surface area (TPSA) is 109 Å². The van der Waals surface area contributed by atoms with E-state index in [-0.39, 0.29) is 24.1 Å². The minimum Gasteiger partial charge on any atom is -0.354 e. The third kappa shape index (κ3) is 11.3. The average Bonchev–Trinajstić information content (AvgIpc) is 3.09. The summed E-state index contributed by atoms with van der Waals surface area (Å²) in [6.07, 6.45) is 6.77. The minimum atomic E-state index is -0.863. The molecule has 1 aromatic heterocycles. The SMILES string of the molecule is C/C(=C\C(=O)N(C)[C@H](Cc1ccc(-c2ccccc2)cc1)C(=O)N(C)[C@H](Cc1ccccc1)C(=O)NCCc1ccncc1)CC(C)(C)N. The summed E-state index contributed by atoms with van der Waals surface area (Å²) in [5.74, 6) is -0.871. The molecule has 0 spiro atoms. The Morgan fingerprint density at radius 3 is 1.92 bits per heavy atom. The normalized spacial score (nSPS) is 12.9. The summed E-state index contributed by atoms with van der Waals surface area (Å²) in [7, 11) is 3.30. The second kappa shape index (κ2) is 17.4. The van der Waals surface area contributed by atoms with E-state index in [2.05, 4.69) is 22.4 Å². The van der Waals surface area contributed by atoms with Crippen LogP contribution in [-0.4, -0.2) is 70.8 Å². The van der Waals surface area contributed by atoms with Gasteiger partial charge in [0.1, 0.15) is 12.1 Å². The van der Waals surface area contributed by atoms with Gasteiger partial charge in [-0.3, -0.25) is 19.4 Å². The van der Waals surface area contributed by atoms with Crippen LogP contribution >= 0.6 is 0 Å². The van der Waals surface area contributed by atoms with E-state index in [0.717, 1.165) is 33.4 Å². The van der Waals surface area contributed by atoms with Crippen molar-refractivity contribution in [1.29, 1.82) is 0 Å². The first-order valence-corrected chi connectivity index (χ1v) is 16.8. The highest BCUT2D eigenvalue weighted by molar-refractivity contribution is 5.95. The molecule has 0 unspecified atom stereocenters. The molecular weight excluding hydrogens is 610 g/mol. The molecule has 0 aliphatic rings. The molecule has 0 saturated heterocycles. The van der Waals surface area contributed by atoms with Crippen LogP contribution in [0, 0.1) is 0 Å². The van der Waals surface area contributed by atoms with Gasteiger partial charge in [-0.1, -0.05) is 90.5 Å². The zero-order valence-corrected chi connectivity index (χ0v) is 29.3. The van der Waals surface area contributed by atoms with E-state index < -0.39 is 17.6 Å². The van der Waals surface area contributed by atoms with Crippen molar-refractivity contribution in [2.75, 3.05) is 20.6 Å². The van der Waals surface area contributed by atoms with Gasteiger partial charge in [0.15, 0.2) is 0 Å². The molecule has 3 aromatic carbocycles. The van der Waals surface area contributed by atoms with Crippen LogP contribution in [0.3, 0.4) is 0 Å². The molecule has 3 N–H and O–H groups in total. The lowest BCUT2D eigenvalue weighted by Crippen LogP contribution is -2.56. The van der Waals surface area contributed by atoms with Crippen LogP contribution in [0.2, 0.25) is 0 Å². The van der Waals surface area contributed by atoms with Gasteiger partial charge in [-0.2, -0.15) is 0 Å². The highest BCUT2D eigenvalue weighted by atomic mass is 16.2. The summed E-state index contributed by atoms with van der Waals surface area (Å²) in [5, 5.41) is 3.04. The van der Waals surface area contributed by atoms with Crippen LogP contribution in [0.1, 0.15) is 43.9 Å². The van der Waals surface area contributed by atoms with Crippen molar-refractivity contribution in [3.05, 3.63) is 138 Å². The Balaban J connectivity index is 1.61. The van der Waals surface area contributed by atoms with Crippen molar-refractivity contribution in [2.45, 2.75) is 64.1 Å². The molecule has 1 heterocycles. The number of amides is 3. The van der Waals surface area contributed by atoms with Gasteiger partial charge in [0.2, 0.25) is 17.7 Å². The van der Waals surface area contributed by atoms with Gasteiger partial charge in [-0.25, -0.2) is 0 Å². The third-order valence-electron chi connectivity index (χ3n) is 8.55. The third-order valence-corrected chi connectivity index (χ3v) is 8.55. The molecule has 0 aliphatic carbocycles. The number of nitrogens with two attached hydrogens (primary N) is 1. The van der Waals surface area contributed by atoms with Gasteiger partial charge in [0, 0.05) is 57.5 Å². The molecule has 256 valence electrons. The Labute approximate surface area is 291 Å². The van der Waals surface area contributed by atoms with Crippen LogP contribution < -0.4 is 11.1 Å². The Morgan fingerprint density at radius 1 is 0.755 bits per heavy atom. The van der Waals surface area contributed by atoms with Gasteiger partial charge in [-0.15, -0.1) is 0 Å². The summed E-state index contributed by atoms with van der Waals surface area (Å²) >= 11 is 0. The quantitative estimate of drug-likeness (QED) is 0.161. The molecule has 0 bridgehead atoms. The average molecular weight is 660 g/mol. The van der Waals surface area contributed by atoms with Crippen molar-refractivity contribution in [3.63, 3.8) is 0 Å². The summed E-state index contributed by atoms with van der Waals surface area (Å²) in [4.78, 5) is 49.0. The summed E-state index contributed by atoms with van der Waals surface area (Å²) in [5.41, 5.74) is 11.6. The van der Waals surface area contributed by atoms with E-state index in [1.165, 1.54) is 9.80 Å². The van der Waals surface area contributed by atoms with E-state index >= 15 is 0 Å². The Bertz CT molecular complexity index is 1680. The smallest absolute Gasteiger partial charge is 0.246 e. The van der Waals surface area contributed by atoms with E-state index in [0.29, 0.717) is 25.8 Å². The van der Waals surface area contributed by atoms with Crippen LogP contribution in [0.5, 0.6) is 0 Å². The molecule has 49 heavy (non-hydrogen) atoms. The number of pyridine rings is 1. The van der Waals surface area contributed by atoms with Gasteiger partial charge in [-0.05, 0) is 73.6 Å². The van der Waals surface area contributed by atoms with E-state index in [4.69, 9.17) is 5.73 Å². The van der Waals surface area contributed by atoms with Gasteiger partial charge in [0.25, 0.3) is 0 Å². The number of nitrogens with one attached hydrogen (secondary N) is 1. The number of hydrogen-bond donors (Lipinski definition) is 2. The van der Waals surface area contributed by atoms with Crippen LogP contribution in [0.25, 0.3) is 11.1 Å². The fourth-order valence-corrected chi connectivity index (χ4v) is 5.94. The maximum Gasteiger partial charge on any atom is 0.246 e. The number of rotatable bonds is 15. The predicted octanol–water partition coefficient (Wildman–Crippen LogP) is 5.62. The Hall–Kier alpha value is -5.08. The van der Waals surface area contributed by atoms with Crippen molar-refractivity contribution in [2.24, 2.45) is 5.73 Å². The first-order valence-electron chi connectivity index (χ1n) is 16.8. The highest BCUT2D eigenvalue weighted by Crippen LogP contribution is 2.22. The van der Waals surface area contributed by atoms with Gasteiger partial charge < -0.3 is 20.9 Å². The van der Waals surface area contributed by atoms with Gasteiger partial charge in [0.05, 0.1) is 0 Å². The Morgan fingerprint density at radius 2 is 1.31 bits per heavy atom. The van der Waals surface area contributed by atoms with Crippen LogP contribution in [0.4, 0.5) is 0 Å². The standard InChI is InChI=1S/C41H49N5O3/c1-30(29-41(2,3)42)26-38(47)45(4)37(28-33-16-18-35(19-17-33)34-14-10-7-11-15-34)40(49)46(5)36(27-32-12-8-6-9-13-32)39(48)44-25-22-31-20-23-43-24-21-31/h6-21,23-24,26,36-37H,22,25,27-29,42H2,1-5H3,(H,44,48)/b30-26+/t36-,37-/m1/s1. The Kier molecular flexibility index (Phi) is 13.0. The summed E-state index contributed by atoms with van der Waals surface area (Å²) in [6, 6.07) is 29.9. The number of aromatic nitrogens is 1. The molecule has 0 saturated carbocycles. The first kappa shape index (κ1) is 36.8. The molecule has 8 heteroatoms. The van der Waals surface area contributed by atoms with Crippen molar-refractivity contribution in [1.82, 2.24) is 20.1 Å². The number of likely N-dealkylation sites (N-methyl/N-ethyl adjacent to an activating group) is 2. The number of carbonyl (C=O) groups is 3. The zero-order chi connectivity index (χ0) is 35.4. The lowest BCUT2D eigenvalue weighted by atomic mass is 9.96. The first-order chi connectivity index (χ1) is 23.4. The highest BCUT2D eigenvalue weighted by Gasteiger charge is 2.35. The maximum atomic E-state index is 14.5. The number of benzene rings is 3. The van der Waals surface area contributed by atoms with Crippen LogP contribution in [0.15, 0.2) is 121 Å². The summed E-state index contributed by atoms with van der Waals surface area (Å²) in [6.45, 7) is 6.10. The van der Waals surface area contributed by atoms with E-state index in [9.17, 15) is 14.4 Å².